The molecular weight excluding hydrogens is 306 g/mol. The average molecular weight is 329 g/mol. The predicted octanol–water partition coefficient (Wildman–Crippen LogP) is 3.18. The zero-order chi connectivity index (χ0) is 16.3. The van der Waals surface area contributed by atoms with Gasteiger partial charge in [-0.2, -0.15) is 0 Å². The molecule has 0 unspecified atom stereocenters. The van der Waals surface area contributed by atoms with E-state index in [2.05, 4.69) is 48.2 Å². The third-order valence-electron chi connectivity index (χ3n) is 4.46. The Morgan fingerprint density at radius 2 is 1.57 bits per heavy atom. The molecule has 1 aliphatic rings. The minimum atomic E-state index is -2.87. The summed E-state index contributed by atoms with van der Waals surface area (Å²) >= 11 is 0. The van der Waals surface area contributed by atoms with Crippen molar-refractivity contribution in [3.05, 3.63) is 71.3 Å². The van der Waals surface area contributed by atoms with E-state index in [1.807, 2.05) is 18.2 Å². The van der Waals surface area contributed by atoms with Crippen LogP contribution in [0.5, 0.6) is 0 Å². The summed E-state index contributed by atoms with van der Waals surface area (Å²) in [6.07, 6.45) is 0.737. The highest BCUT2D eigenvalue weighted by molar-refractivity contribution is 7.91. The lowest BCUT2D eigenvalue weighted by molar-refractivity contribution is 0.194. The van der Waals surface area contributed by atoms with Crippen LogP contribution in [0.25, 0.3) is 0 Å². The number of nitrogens with zero attached hydrogens (tertiary/aromatic N) is 1. The van der Waals surface area contributed by atoms with E-state index in [0.717, 1.165) is 19.5 Å². The van der Waals surface area contributed by atoms with Crippen LogP contribution in [-0.4, -0.2) is 30.9 Å². The molecule has 2 aromatic rings. The molecule has 0 bridgehead atoms. The number of aryl methyl sites for hydroxylation is 1. The van der Waals surface area contributed by atoms with Gasteiger partial charge in [-0.15, -0.1) is 0 Å². The van der Waals surface area contributed by atoms with Crippen LogP contribution in [0.2, 0.25) is 0 Å². The van der Waals surface area contributed by atoms with Crippen LogP contribution in [0.15, 0.2) is 54.6 Å². The van der Waals surface area contributed by atoms with Crippen molar-refractivity contribution in [1.29, 1.82) is 0 Å². The number of hydrogen-bond donors (Lipinski definition) is 0. The van der Waals surface area contributed by atoms with Crippen LogP contribution in [0.1, 0.15) is 23.1 Å². The maximum absolute atomic E-state index is 11.9. The molecule has 23 heavy (non-hydrogen) atoms. The van der Waals surface area contributed by atoms with Gasteiger partial charge in [0.15, 0.2) is 9.84 Å². The van der Waals surface area contributed by atoms with Crippen molar-refractivity contribution in [1.82, 2.24) is 4.90 Å². The van der Waals surface area contributed by atoms with Crippen LogP contribution < -0.4 is 0 Å². The maximum atomic E-state index is 11.9. The van der Waals surface area contributed by atoms with Gasteiger partial charge in [-0.25, -0.2) is 8.42 Å². The second-order valence-corrected chi connectivity index (χ2v) is 8.66. The number of benzene rings is 2. The van der Waals surface area contributed by atoms with Gasteiger partial charge in [0.1, 0.15) is 0 Å². The summed E-state index contributed by atoms with van der Waals surface area (Å²) in [6.45, 7) is 3.65. The van der Waals surface area contributed by atoms with Crippen molar-refractivity contribution in [2.24, 2.45) is 0 Å². The Bertz CT molecular complexity index is 739. The molecule has 0 aliphatic carbocycles. The van der Waals surface area contributed by atoms with Gasteiger partial charge >= 0.3 is 0 Å². The molecule has 1 aliphatic heterocycles. The van der Waals surface area contributed by atoms with E-state index >= 15 is 0 Å². The molecule has 1 fully saturated rings. The van der Waals surface area contributed by atoms with Gasteiger partial charge in [-0.05, 0) is 24.5 Å². The maximum Gasteiger partial charge on any atom is 0.151 e. The highest BCUT2D eigenvalue weighted by Crippen LogP contribution is 2.22. The molecule has 3 nitrogen and oxygen atoms in total. The first-order chi connectivity index (χ1) is 11.0. The smallest absolute Gasteiger partial charge is 0.151 e. The highest BCUT2D eigenvalue weighted by atomic mass is 32.2. The molecule has 0 saturated carbocycles. The zero-order valence-corrected chi connectivity index (χ0v) is 14.3. The Hall–Kier alpha value is -1.65. The summed E-state index contributed by atoms with van der Waals surface area (Å²) in [5, 5.41) is 0. The molecule has 4 heteroatoms. The topological polar surface area (TPSA) is 37.4 Å². The summed E-state index contributed by atoms with van der Waals surface area (Å²) in [5.41, 5.74) is 3.70. The van der Waals surface area contributed by atoms with Gasteiger partial charge in [-0.1, -0.05) is 60.2 Å². The van der Waals surface area contributed by atoms with Crippen molar-refractivity contribution in [3.63, 3.8) is 0 Å². The first kappa shape index (κ1) is 16.2. The van der Waals surface area contributed by atoms with Crippen molar-refractivity contribution in [2.45, 2.75) is 32.5 Å². The monoisotopic (exact) mass is 329 g/mol. The molecule has 0 N–H and O–H groups in total. The van der Waals surface area contributed by atoms with Gasteiger partial charge in [0, 0.05) is 19.1 Å². The quantitative estimate of drug-likeness (QED) is 0.845. The second kappa shape index (κ2) is 6.85. The van der Waals surface area contributed by atoms with Crippen molar-refractivity contribution >= 4 is 9.84 Å². The van der Waals surface area contributed by atoms with Crippen molar-refractivity contribution in [2.75, 3.05) is 11.5 Å². The van der Waals surface area contributed by atoms with Crippen LogP contribution >= 0.6 is 0 Å². The van der Waals surface area contributed by atoms with Gasteiger partial charge in [0.2, 0.25) is 0 Å². The molecule has 3 rings (SSSR count). The highest BCUT2D eigenvalue weighted by Gasteiger charge is 2.32. The Morgan fingerprint density at radius 3 is 2.13 bits per heavy atom. The molecule has 122 valence electrons. The van der Waals surface area contributed by atoms with E-state index in [1.165, 1.54) is 16.7 Å². The molecule has 1 atom stereocenters. The lowest BCUT2D eigenvalue weighted by Crippen LogP contribution is -2.35. The van der Waals surface area contributed by atoms with Gasteiger partial charge in [-0.3, -0.25) is 4.90 Å². The fraction of sp³-hybridized carbons (Fsp3) is 0.368. The van der Waals surface area contributed by atoms with Gasteiger partial charge < -0.3 is 0 Å². The minimum absolute atomic E-state index is 0.113. The van der Waals surface area contributed by atoms with Crippen LogP contribution in [0.3, 0.4) is 0 Å². The van der Waals surface area contributed by atoms with E-state index in [1.54, 1.807) is 0 Å². The number of sulfone groups is 1. The van der Waals surface area contributed by atoms with E-state index in [-0.39, 0.29) is 11.8 Å². The first-order valence-corrected chi connectivity index (χ1v) is 9.88. The van der Waals surface area contributed by atoms with Crippen molar-refractivity contribution < 1.29 is 8.42 Å². The summed E-state index contributed by atoms with van der Waals surface area (Å²) in [6, 6.07) is 18.9. The summed E-state index contributed by atoms with van der Waals surface area (Å²) in [7, 11) is -2.87. The minimum Gasteiger partial charge on any atom is -0.291 e. The first-order valence-electron chi connectivity index (χ1n) is 8.06. The lowest BCUT2D eigenvalue weighted by Gasteiger charge is -2.28. The third-order valence-corrected chi connectivity index (χ3v) is 6.21. The summed E-state index contributed by atoms with van der Waals surface area (Å²) in [4.78, 5) is 2.31. The van der Waals surface area contributed by atoms with Crippen LogP contribution in [0.4, 0.5) is 0 Å². The zero-order valence-electron chi connectivity index (χ0n) is 13.5. The van der Waals surface area contributed by atoms with Gasteiger partial charge in [0.25, 0.3) is 0 Å². The fourth-order valence-corrected chi connectivity index (χ4v) is 4.88. The van der Waals surface area contributed by atoms with E-state index in [0.29, 0.717) is 5.75 Å². The predicted molar refractivity (Wildman–Crippen MR) is 93.9 cm³/mol. The van der Waals surface area contributed by atoms with Crippen LogP contribution in [0, 0.1) is 6.92 Å². The molecular formula is C19H23NO2S. The molecule has 0 amide bonds. The lowest BCUT2D eigenvalue weighted by atomic mass is 10.1. The number of rotatable bonds is 5. The molecule has 1 heterocycles. The normalized spacial score (nSPS) is 20.0. The number of hydrogen-bond acceptors (Lipinski definition) is 3. The van der Waals surface area contributed by atoms with E-state index < -0.39 is 9.84 Å². The summed E-state index contributed by atoms with van der Waals surface area (Å²) in [5.74, 6) is 0.600. The van der Waals surface area contributed by atoms with Crippen molar-refractivity contribution in [3.8, 4) is 0 Å². The Balaban J connectivity index is 1.79. The molecule has 1 saturated heterocycles. The fourth-order valence-electron chi connectivity index (χ4n) is 3.12. The molecule has 2 aromatic carbocycles. The largest absolute Gasteiger partial charge is 0.291 e. The molecule has 0 radical (unpaired) electrons. The molecule has 0 aromatic heterocycles. The van der Waals surface area contributed by atoms with E-state index in [9.17, 15) is 8.42 Å². The van der Waals surface area contributed by atoms with Gasteiger partial charge in [0.05, 0.1) is 11.5 Å². The Morgan fingerprint density at radius 1 is 0.957 bits per heavy atom. The second-order valence-electron chi connectivity index (χ2n) is 6.43. The molecule has 0 spiro atoms. The van der Waals surface area contributed by atoms with Crippen LogP contribution in [-0.2, 0) is 22.9 Å². The standard InChI is InChI=1S/C19H23NO2S/c1-16-7-9-18(10-8-16)14-20(13-17-5-3-2-4-6-17)19-11-12-23(21,22)15-19/h2-10,19H,11-15H2,1H3/t19-/m0/s1. The average Bonchev–Trinajstić information content (AvgIpc) is 2.90. The summed E-state index contributed by atoms with van der Waals surface area (Å²) < 4.78 is 23.7. The SMILES string of the molecule is Cc1ccc(CN(Cc2ccccc2)[C@H]2CCS(=O)(=O)C2)cc1. The Labute approximate surface area is 138 Å². The van der Waals surface area contributed by atoms with E-state index in [4.69, 9.17) is 0 Å². The third kappa shape index (κ3) is 4.43. The Kier molecular flexibility index (Phi) is 4.83.